The molecule has 2 N–H and O–H groups in total. The van der Waals surface area contributed by atoms with Crippen molar-refractivity contribution >= 4 is 22.4 Å². The molecule has 2 aromatic heterocycles. The van der Waals surface area contributed by atoms with Crippen LogP contribution in [0.4, 0.5) is 5.13 Å². The van der Waals surface area contributed by atoms with E-state index in [4.69, 9.17) is 0 Å². The van der Waals surface area contributed by atoms with Crippen LogP contribution in [0, 0.1) is 0 Å². The van der Waals surface area contributed by atoms with E-state index in [9.17, 15) is 4.79 Å². The highest BCUT2D eigenvalue weighted by atomic mass is 32.1. The molecule has 9 heteroatoms. The zero-order valence-electron chi connectivity index (χ0n) is 10.8. The lowest BCUT2D eigenvalue weighted by atomic mass is 10.4. The predicted molar refractivity (Wildman–Crippen MR) is 71.1 cm³/mol. The Bertz CT molecular complexity index is 550. The minimum Gasteiger partial charge on any atom is -0.360 e. The summed E-state index contributed by atoms with van der Waals surface area (Å²) in [5.41, 5.74) is 0. The van der Waals surface area contributed by atoms with E-state index in [-0.39, 0.29) is 5.91 Å². The van der Waals surface area contributed by atoms with Crippen LogP contribution in [0.2, 0.25) is 0 Å². The van der Waals surface area contributed by atoms with Crippen LogP contribution in [0.15, 0.2) is 6.33 Å². The first-order chi connectivity index (χ1) is 9.20. The van der Waals surface area contributed by atoms with Crippen LogP contribution >= 0.6 is 11.3 Å². The summed E-state index contributed by atoms with van der Waals surface area (Å²) < 4.78 is 1.82. The maximum Gasteiger partial charge on any atom is 0.282 e. The first kappa shape index (κ1) is 13.4. The molecule has 0 aromatic carbocycles. The summed E-state index contributed by atoms with van der Waals surface area (Å²) in [6, 6.07) is 0. The van der Waals surface area contributed by atoms with Crippen LogP contribution in [-0.2, 0) is 13.5 Å². The highest BCUT2D eigenvalue weighted by Crippen LogP contribution is 2.14. The van der Waals surface area contributed by atoms with Crippen molar-refractivity contribution in [2.75, 3.05) is 18.4 Å². The van der Waals surface area contributed by atoms with Crippen molar-refractivity contribution in [3.05, 3.63) is 17.2 Å². The molecule has 0 aliphatic carbocycles. The zero-order valence-corrected chi connectivity index (χ0v) is 11.6. The van der Waals surface area contributed by atoms with Crippen molar-refractivity contribution in [3.63, 3.8) is 0 Å². The lowest BCUT2D eigenvalue weighted by Gasteiger charge is -2.02. The van der Waals surface area contributed by atoms with Crippen molar-refractivity contribution in [3.8, 4) is 0 Å². The molecule has 0 spiro atoms. The maximum absolute atomic E-state index is 11.8. The van der Waals surface area contributed by atoms with Crippen LogP contribution in [0.1, 0.15) is 22.6 Å². The number of anilines is 1. The minimum atomic E-state index is -0.219. The summed E-state index contributed by atoms with van der Waals surface area (Å²) in [4.78, 5) is 11.8. The van der Waals surface area contributed by atoms with Crippen LogP contribution in [0.5, 0.6) is 0 Å². The van der Waals surface area contributed by atoms with Gasteiger partial charge < -0.3 is 15.2 Å². The van der Waals surface area contributed by atoms with Gasteiger partial charge in [-0.15, -0.1) is 20.4 Å². The third-order valence-corrected chi connectivity index (χ3v) is 3.27. The van der Waals surface area contributed by atoms with Crippen molar-refractivity contribution in [2.45, 2.75) is 13.3 Å². The van der Waals surface area contributed by atoms with Crippen LogP contribution in [-0.4, -0.2) is 44.0 Å². The van der Waals surface area contributed by atoms with E-state index in [1.807, 2.05) is 18.5 Å². The average Bonchev–Trinajstić information content (AvgIpc) is 3.00. The summed E-state index contributed by atoms with van der Waals surface area (Å²) in [6.07, 6.45) is 2.26. The number of hydrogen-bond donors (Lipinski definition) is 2. The SMILES string of the molecule is CCNc1nnc(C(=O)NCCc2nncn2C)s1. The summed E-state index contributed by atoms with van der Waals surface area (Å²) in [7, 11) is 1.87. The highest BCUT2D eigenvalue weighted by molar-refractivity contribution is 7.17. The lowest BCUT2D eigenvalue weighted by Crippen LogP contribution is -2.26. The molecule has 0 atom stereocenters. The van der Waals surface area contributed by atoms with E-state index in [1.54, 1.807) is 6.33 Å². The van der Waals surface area contributed by atoms with Crippen molar-refractivity contribution < 1.29 is 4.79 Å². The molecule has 2 aromatic rings. The second-order valence-corrected chi connectivity index (χ2v) is 4.78. The third-order valence-electron chi connectivity index (χ3n) is 2.39. The number of nitrogens with one attached hydrogen (secondary N) is 2. The normalized spacial score (nSPS) is 10.4. The fourth-order valence-electron chi connectivity index (χ4n) is 1.43. The molecular weight excluding hydrogens is 266 g/mol. The summed E-state index contributed by atoms with van der Waals surface area (Å²) in [5.74, 6) is 0.606. The second-order valence-electron chi connectivity index (χ2n) is 3.81. The molecule has 0 radical (unpaired) electrons. The van der Waals surface area contributed by atoms with Gasteiger partial charge in [0.2, 0.25) is 10.1 Å². The van der Waals surface area contributed by atoms with Crippen LogP contribution < -0.4 is 10.6 Å². The molecule has 2 rings (SSSR count). The molecule has 0 aliphatic rings. The minimum absolute atomic E-state index is 0.219. The molecule has 2 heterocycles. The van der Waals surface area contributed by atoms with Gasteiger partial charge in [-0.3, -0.25) is 4.79 Å². The monoisotopic (exact) mass is 281 g/mol. The number of amides is 1. The van der Waals surface area contributed by atoms with Gasteiger partial charge in [0.1, 0.15) is 12.2 Å². The molecule has 0 bridgehead atoms. The Morgan fingerprint density at radius 2 is 2.26 bits per heavy atom. The van der Waals surface area contributed by atoms with Crippen molar-refractivity contribution in [1.29, 1.82) is 0 Å². The van der Waals surface area contributed by atoms with Crippen LogP contribution in [0.25, 0.3) is 0 Å². The zero-order chi connectivity index (χ0) is 13.7. The number of rotatable bonds is 6. The number of hydrogen-bond acceptors (Lipinski definition) is 7. The Labute approximate surface area is 114 Å². The molecule has 102 valence electrons. The molecular formula is C10H15N7OS. The molecule has 0 unspecified atom stereocenters. The fraction of sp³-hybridized carbons (Fsp3) is 0.500. The third kappa shape index (κ3) is 3.47. The molecule has 19 heavy (non-hydrogen) atoms. The molecule has 0 fully saturated rings. The van der Waals surface area contributed by atoms with Crippen molar-refractivity contribution in [1.82, 2.24) is 30.3 Å². The Balaban J connectivity index is 1.82. The van der Waals surface area contributed by atoms with E-state index in [1.165, 1.54) is 11.3 Å². The number of carbonyl (C=O) groups excluding carboxylic acids is 1. The van der Waals surface area contributed by atoms with Crippen molar-refractivity contribution in [2.24, 2.45) is 7.05 Å². The van der Waals surface area contributed by atoms with Gasteiger partial charge in [0.25, 0.3) is 5.91 Å². The highest BCUT2D eigenvalue weighted by Gasteiger charge is 2.12. The Kier molecular flexibility index (Phi) is 4.39. The Hall–Kier alpha value is -2.03. The first-order valence-electron chi connectivity index (χ1n) is 5.89. The number of aryl methyl sites for hydroxylation is 1. The van der Waals surface area contributed by atoms with Gasteiger partial charge in [-0.2, -0.15) is 0 Å². The maximum atomic E-state index is 11.8. The quantitative estimate of drug-likeness (QED) is 0.777. The molecule has 1 amide bonds. The average molecular weight is 281 g/mol. The van der Waals surface area contributed by atoms with Gasteiger partial charge in [0, 0.05) is 26.6 Å². The number of aromatic nitrogens is 5. The van der Waals surface area contributed by atoms with Gasteiger partial charge in [-0.25, -0.2) is 0 Å². The van der Waals surface area contributed by atoms with Gasteiger partial charge in [0.15, 0.2) is 0 Å². The number of carbonyl (C=O) groups is 1. The summed E-state index contributed by atoms with van der Waals surface area (Å²) >= 11 is 1.24. The van der Waals surface area contributed by atoms with E-state index in [0.717, 1.165) is 12.4 Å². The van der Waals surface area contributed by atoms with E-state index in [2.05, 4.69) is 31.0 Å². The van der Waals surface area contributed by atoms with Gasteiger partial charge in [-0.05, 0) is 6.92 Å². The Morgan fingerprint density at radius 3 is 2.95 bits per heavy atom. The van der Waals surface area contributed by atoms with E-state index in [0.29, 0.717) is 23.1 Å². The summed E-state index contributed by atoms with van der Waals surface area (Å²) in [5, 5.41) is 22.2. The number of nitrogens with zero attached hydrogens (tertiary/aromatic N) is 5. The predicted octanol–water partition coefficient (Wildman–Crippen LogP) is 0.0709. The van der Waals surface area contributed by atoms with E-state index < -0.39 is 0 Å². The largest absolute Gasteiger partial charge is 0.360 e. The molecule has 8 nitrogen and oxygen atoms in total. The van der Waals surface area contributed by atoms with E-state index >= 15 is 0 Å². The van der Waals surface area contributed by atoms with Gasteiger partial charge in [0.05, 0.1) is 0 Å². The summed E-state index contributed by atoms with van der Waals surface area (Å²) in [6.45, 7) is 3.20. The smallest absolute Gasteiger partial charge is 0.282 e. The fourth-order valence-corrected chi connectivity index (χ4v) is 2.16. The van der Waals surface area contributed by atoms with Gasteiger partial charge >= 0.3 is 0 Å². The molecule has 0 aliphatic heterocycles. The molecule has 0 saturated carbocycles. The van der Waals surface area contributed by atoms with Crippen LogP contribution in [0.3, 0.4) is 0 Å². The Morgan fingerprint density at radius 1 is 1.42 bits per heavy atom. The topological polar surface area (TPSA) is 97.6 Å². The lowest BCUT2D eigenvalue weighted by molar-refractivity contribution is 0.0953. The second kappa shape index (κ2) is 6.23. The van der Waals surface area contributed by atoms with Gasteiger partial charge in [-0.1, -0.05) is 11.3 Å². The standard InChI is InChI=1S/C10H15N7OS/c1-3-11-10-16-15-9(19-10)8(18)12-5-4-7-14-13-6-17(7)2/h6H,3-5H2,1-2H3,(H,11,16)(H,12,18). The first-order valence-corrected chi connectivity index (χ1v) is 6.70. The molecule has 0 saturated heterocycles.